The van der Waals surface area contributed by atoms with E-state index in [0.717, 1.165) is 20.8 Å². The molecule has 2 aromatic heterocycles. The van der Waals surface area contributed by atoms with E-state index < -0.39 is 0 Å². The minimum atomic E-state index is -0.368. The van der Waals surface area contributed by atoms with Crippen molar-refractivity contribution in [3.8, 4) is 16.3 Å². The van der Waals surface area contributed by atoms with Gasteiger partial charge in [0.1, 0.15) is 10.8 Å². The van der Waals surface area contributed by atoms with Gasteiger partial charge in [-0.15, -0.1) is 11.3 Å². The number of thiazole rings is 1. The molecule has 0 bridgehead atoms. The van der Waals surface area contributed by atoms with Crippen molar-refractivity contribution in [2.45, 2.75) is 0 Å². The van der Waals surface area contributed by atoms with Crippen LogP contribution in [0.4, 0.5) is 11.4 Å². The van der Waals surface area contributed by atoms with Gasteiger partial charge < -0.3 is 19.8 Å². The summed E-state index contributed by atoms with van der Waals surface area (Å²) < 4.78 is 11.8. The Kier molecular flexibility index (Phi) is 6.05. The molecule has 34 heavy (non-hydrogen) atoms. The summed E-state index contributed by atoms with van der Waals surface area (Å²) in [4.78, 5) is 29.3. The van der Waals surface area contributed by atoms with Crippen molar-refractivity contribution in [2.75, 3.05) is 17.2 Å². The van der Waals surface area contributed by atoms with Crippen molar-refractivity contribution in [1.82, 2.24) is 4.98 Å². The summed E-state index contributed by atoms with van der Waals surface area (Å²) in [6.07, 6.45) is 1.43. The molecule has 2 amide bonds. The number of amides is 2. The fourth-order valence-corrected chi connectivity index (χ4v) is 4.30. The van der Waals surface area contributed by atoms with Crippen molar-refractivity contribution in [3.05, 3.63) is 97.0 Å². The maximum Gasteiger partial charge on any atom is 0.291 e. The summed E-state index contributed by atoms with van der Waals surface area (Å²) in [6, 6.07) is 25.5. The van der Waals surface area contributed by atoms with Crippen molar-refractivity contribution < 1.29 is 18.7 Å². The van der Waals surface area contributed by atoms with E-state index in [0.29, 0.717) is 17.1 Å². The number of nitrogens with one attached hydrogen (secondary N) is 2. The summed E-state index contributed by atoms with van der Waals surface area (Å²) in [6.45, 7) is -0.180. The molecule has 0 saturated carbocycles. The van der Waals surface area contributed by atoms with Crippen LogP contribution in [0.3, 0.4) is 0 Å². The van der Waals surface area contributed by atoms with Gasteiger partial charge in [-0.05, 0) is 48.5 Å². The van der Waals surface area contributed by atoms with Crippen molar-refractivity contribution in [3.63, 3.8) is 0 Å². The third-order valence-electron chi connectivity index (χ3n) is 4.89. The Morgan fingerprint density at radius 1 is 0.882 bits per heavy atom. The van der Waals surface area contributed by atoms with Crippen LogP contribution in [-0.2, 0) is 4.79 Å². The summed E-state index contributed by atoms with van der Waals surface area (Å²) in [5.41, 5.74) is 3.07. The zero-order valence-electron chi connectivity index (χ0n) is 17.9. The van der Waals surface area contributed by atoms with Crippen LogP contribution < -0.4 is 15.4 Å². The Bertz CT molecular complexity index is 1430. The van der Waals surface area contributed by atoms with E-state index >= 15 is 0 Å². The first kappa shape index (κ1) is 21.4. The Labute approximate surface area is 199 Å². The van der Waals surface area contributed by atoms with Crippen LogP contribution in [0.1, 0.15) is 10.6 Å². The molecular weight excluding hydrogens is 450 g/mol. The predicted molar refractivity (Wildman–Crippen MR) is 132 cm³/mol. The molecule has 0 saturated heterocycles. The predicted octanol–water partition coefficient (Wildman–Crippen LogP) is 5.83. The molecule has 8 heteroatoms. The quantitative estimate of drug-likeness (QED) is 0.313. The molecule has 0 atom stereocenters. The molecule has 0 aliphatic heterocycles. The zero-order chi connectivity index (χ0) is 23.3. The number of furan rings is 1. The summed E-state index contributed by atoms with van der Waals surface area (Å²) in [5.74, 6) is -0.00577. The number of hydrogen-bond donors (Lipinski definition) is 2. The van der Waals surface area contributed by atoms with Crippen LogP contribution in [0.5, 0.6) is 5.75 Å². The maximum absolute atomic E-state index is 12.5. The lowest BCUT2D eigenvalue weighted by Gasteiger charge is -2.10. The van der Waals surface area contributed by atoms with Gasteiger partial charge in [0, 0.05) is 23.0 Å². The number of carbonyl (C=O) groups is 2. The summed E-state index contributed by atoms with van der Waals surface area (Å²) in [7, 11) is 0. The van der Waals surface area contributed by atoms with Gasteiger partial charge in [0.05, 0.1) is 16.5 Å². The second kappa shape index (κ2) is 9.60. The number of hydrogen-bond acceptors (Lipinski definition) is 6. The highest BCUT2D eigenvalue weighted by Crippen LogP contribution is 2.31. The molecule has 168 valence electrons. The number of fused-ring (bicyclic) bond motifs is 1. The second-order valence-electron chi connectivity index (χ2n) is 7.36. The van der Waals surface area contributed by atoms with Gasteiger partial charge in [0.15, 0.2) is 12.4 Å². The van der Waals surface area contributed by atoms with Gasteiger partial charge in [0.2, 0.25) is 0 Å². The standard InChI is InChI=1S/C26H19N3O4S/c30-24(16-33-20-9-4-8-19(15-20)28-25(31)22-11-5-13-32-22)27-18-7-3-6-17(14-18)26-29-21-10-1-2-12-23(21)34-26/h1-15H,16H2,(H,27,30)(H,28,31). The first-order valence-corrected chi connectivity index (χ1v) is 11.3. The Balaban J connectivity index is 1.20. The van der Waals surface area contributed by atoms with E-state index in [1.807, 2.05) is 48.5 Å². The number of carbonyl (C=O) groups excluding carboxylic acids is 2. The Hall–Kier alpha value is -4.43. The first-order chi connectivity index (χ1) is 16.6. The van der Waals surface area contributed by atoms with Crippen LogP contribution in [-0.4, -0.2) is 23.4 Å². The third-order valence-corrected chi connectivity index (χ3v) is 5.98. The first-order valence-electron chi connectivity index (χ1n) is 10.5. The highest BCUT2D eigenvalue weighted by Gasteiger charge is 2.11. The van der Waals surface area contributed by atoms with E-state index in [9.17, 15) is 9.59 Å². The van der Waals surface area contributed by atoms with Crippen LogP contribution in [0, 0.1) is 0 Å². The highest BCUT2D eigenvalue weighted by atomic mass is 32.1. The molecule has 0 spiro atoms. The largest absolute Gasteiger partial charge is 0.484 e. The molecule has 5 rings (SSSR count). The number of ether oxygens (including phenoxy) is 1. The molecule has 0 unspecified atom stereocenters. The number of benzene rings is 3. The van der Waals surface area contributed by atoms with Crippen molar-refractivity contribution in [2.24, 2.45) is 0 Å². The van der Waals surface area contributed by atoms with E-state index in [2.05, 4.69) is 15.6 Å². The number of aromatic nitrogens is 1. The van der Waals surface area contributed by atoms with Crippen LogP contribution in [0.25, 0.3) is 20.8 Å². The second-order valence-corrected chi connectivity index (χ2v) is 8.39. The van der Waals surface area contributed by atoms with E-state index in [4.69, 9.17) is 9.15 Å². The van der Waals surface area contributed by atoms with Gasteiger partial charge >= 0.3 is 0 Å². The fourth-order valence-electron chi connectivity index (χ4n) is 3.34. The molecular formula is C26H19N3O4S. The van der Waals surface area contributed by atoms with Crippen molar-refractivity contribution in [1.29, 1.82) is 0 Å². The Morgan fingerprint density at radius 2 is 1.71 bits per heavy atom. The molecule has 2 heterocycles. The smallest absolute Gasteiger partial charge is 0.291 e. The SMILES string of the molecule is O=C(COc1cccc(NC(=O)c2ccco2)c1)Nc1cccc(-c2nc3ccccc3s2)c1. The van der Waals surface area contributed by atoms with E-state index in [-0.39, 0.29) is 24.2 Å². The number of nitrogens with zero attached hydrogens (tertiary/aromatic N) is 1. The minimum Gasteiger partial charge on any atom is -0.484 e. The summed E-state index contributed by atoms with van der Waals surface area (Å²) >= 11 is 1.61. The molecule has 0 aliphatic carbocycles. The van der Waals surface area contributed by atoms with Crippen molar-refractivity contribution >= 4 is 44.7 Å². The van der Waals surface area contributed by atoms with Gasteiger partial charge in [-0.25, -0.2) is 4.98 Å². The lowest BCUT2D eigenvalue weighted by Crippen LogP contribution is -2.20. The number of para-hydroxylation sites is 1. The maximum atomic E-state index is 12.5. The van der Waals surface area contributed by atoms with Crippen LogP contribution in [0.2, 0.25) is 0 Å². The van der Waals surface area contributed by atoms with Gasteiger partial charge in [0.25, 0.3) is 11.8 Å². The highest BCUT2D eigenvalue weighted by molar-refractivity contribution is 7.21. The van der Waals surface area contributed by atoms with Gasteiger partial charge in [-0.1, -0.05) is 30.3 Å². The molecule has 0 fully saturated rings. The molecule has 3 aromatic carbocycles. The average Bonchev–Trinajstić information content (AvgIpc) is 3.54. The zero-order valence-corrected chi connectivity index (χ0v) is 18.7. The molecule has 0 radical (unpaired) electrons. The Morgan fingerprint density at radius 3 is 2.53 bits per heavy atom. The summed E-state index contributed by atoms with van der Waals surface area (Å²) in [5, 5.41) is 6.47. The van der Waals surface area contributed by atoms with Crippen LogP contribution >= 0.6 is 11.3 Å². The van der Waals surface area contributed by atoms with Gasteiger partial charge in [-0.2, -0.15) is 0 Å². The third kappa shape index (κ3) is 4.97. The fraction of sp³-hybridized carbons (Fsp3) is 0.0385. The topological polar surface area (TPSA) is 93.5 Å². The average molecular weight is 470 g/mol. The number of rotatable bonds is 7. The van der Waals surface area contributed by atoms with Gasteiger partial charge in [-0.3, -0.25) is 9.59 Å². The van der Waals surface area contributed by atoms with Crippen LogP contribution in [0.15, 0.2) is 95.6 Å². The molecule has 7 nitrogen and oxygen atoms in total. The lowest BCUT2D eigenvalue weighted by atomic mass is 10.2. The molecule has 2 N–H and O–H groups in total. The lowest BCUT2D eigenvalue weighted by molar-refractivity contribution is -0.118. The van der Waals surface area contributed by atoms with E-state index in [1.54, 1.807) is 47.7 Å². The monoisotopic (exact) mass is 469 g/mol. The molecule has 5 aromatic rings. The minimum absolute atomic E-state index is 0.180. The molecule has 0 aliphatic rings. The van der Waals surface area contributed by atoms with E-state index in [1.165, 1.54) is 6.26 Å². The number of anilines is 2. The normalized spacial score (nSPS) is 10.7.